The topological polar surface area (TPSA) is 108 Å². The Balaban J connectivity index is 4.23. The smallest absolute Gasteiger partial charge is 0.462 e. The van der Waals surface area contributed by atoms with Crippen LogP contribution in [0.2, 0.25) is 0 Å². The highest BCUT2D eigenvalue weighted by molar-refractivity contribution is 7.47. The van der Waals surface area contributed by atoms with Gasteiger partial charge in [-0.2, -0.15) is 0 Å². The first-order valence-electron chi connectivity index (χ1n) is 24.5. The van der Waals surface area contributed by atoms with Crippen molar-refractivity contribution < 1.29 is 42.1 Å². The maximum Gasteiger partial charge on any atom is 0.472 e. The molecule has 0 aliphatic rings. The van der Waals surface area contributed by atoms with Crippen molar-refractivity contribution in [2.75, 3.05) is 47.5 Å². The van der Waals surface area contributed by atoms with Gasteiger partial charge >= 0.3 is 19.8 Å². The molecule has 0 spiro atoms. The number of carbonyl (C=O) groups is 2. The number of hydrogen-bond acceptors (Lipinski definition) is 7. The molecule has 360 valence electrons. The lowest BCUT2D eigenvalue weighted by Crippen LogP contribution is -2.37. The average molecular weight is 901 g/mol. The summed E-state index contributed by atoms with van der Waals surface area (Å²) in [6.45, 7) is 4.20. The third kappa shape index (κ3) is 48.2. The predicted octanol–water partition coefficient (Wildman–Crippen LogP) is 14.5. The molecule has 2 atom stereocenters. The summed E-state index contributed by atoms with van der Waals surface area (Å²) >= 11 is 0. The number of nitrogens with zero attached hydrogens (tertiary/aromatic N) is 1. The van der Waals surface area contributed by atoms with Gasteiger partial charge in [-0.1, -0.05) is 169 Å². The normalized spacial score (nSPS) is 14.3. The van der Waals surface area contributed by atoms with Gasteiger partial charge < -0.3 is 18.9 Å². The number of esters is 2. The van der Waals surface area contributed by atoms with E-state index in [1.54, 1.807) is 0 Å². The molecule has 0 aliphatic heterocycles. The highest BCUT2D eigenvalue weighted by Gasteiger charge is 2.27. The second-order valence-corrected chi connectivity index (χ2v) is 18.6. The third-order valence-corrected chi connectivity index (χ3v) is 10.8. The summed E-state index contributed by atoms with van der Waals surface area (Å²) < 4.78 is 34.3. The zero-order valence-corrected chi connectivity index (χ0v) is 41.4. The molecule has 1 N–H and O–H groups in total. The molecule has 10 heteroatoms. The highest BCUT2D eigenvalue weighted by Crippen LogP contribution is 2.43. The lowest BCUT2D eigenvalue weighted by molar-refractivity contribution is -0.870. The second-order valence-electron chi connectivity index (χ2n) is 17.1. The molecule has 0 saturated carbocycles. The van der Waals surface area contributed by atoms with Gasteiger partial charge in [0.05, 0.1) is 27.7 Å². The van der Waals surface area contributed by atoms with Crippen LogP contribution in [0.1, 0.15) is 174 Å². The summed E-state index contributed by atoms with van der Waals surface area (Å²) in [5, 5.41) is 0. The Labute approximate surface area is 385 Å². The monoisotopic (exact) mass is 901 g/mol. The van der Waals surface area contributed by atoms with Crippen LogP contribution in [0.15, 0.2) is 97.2 Å². The van der Waals surface area contributed by atoms with Crippen LogP contribution in [0.25, 0.3) is 0 Å². The molecule has 9 nitrogen and oxygen atoms in total. The van der Waals surface area contributed by atoms with Gasteiger partial charge in [0.2, 0.25) is 0 Å². The van der Waals surface area contributed by atoms with Crippen molar-refractivity contribution in [2.24, 2.45) is 0 Å². The van der Waals surface area contributed by atoms with Gasteiger partial charge in [-0.05, 0) is 89.9 Å². The molecule has 0 amide bonds. The van der Waals surface area contributed by atoms with Gasteiger partial charge in [0.1, 0.15) is 19.8 Å². The maximum atomic E-state index is 12.7. The number of likely N-dealkylation sites (N-methyl/N-ethyl adjacent to an activating group) is 1. The number of hydrogen-bond donors (Lipinski definition) is 1. The number of allylic oxidation sites excluding steroid dienone is 16. The Kier molecular flexibility index (Phi) is 42.0. The van der Waals surface area contributed by atoms with Crippen LogP contribution in [0.5, 0.6) is 0 Å². The third-order valence-electron chi connectivity index (χ3n) is 9.83. The zero-order valence-electron chi connectivity index (χ0n) is 40.5. The van der Waals surface area contributed by atoms with E-state index in [4.69, 9.17) is 18.5 Å². The molecule has 0 rings (SSSR count). The maximum absolute atomic E-state index is 12.7. The minimum absolute atomic E-state index is 0.0229. The Bertz CT molecular complexity index is 1390. The summed E-state index contributed by atoms with van der Waals surface area (Å²) in [7, 11) is 1.45. The zero-order chi connectivity index (χ0) is 46.4. The van der Waals surface area contributed by atoms with Gasteiger partial charge in [-0.3, -0.25) is 18.6 Å². The van der Waals surface area contributed by atoms with E-state index < -0.39 is 26.5 Å². The number of quaternary nitrogens is 1. The second kappa shape index (κ2) is 44.1. The molecular formula is C53H91NO8P+. The number of unbranched alkanes of at least 4 members (excludes halogenated alkanes) is 13. The number of carbonyl (C=O) groups excluding carboxylic acids is 2. The Hall–Kier alpha value is -3.07. The van der Waals surface area contributed by atoms with Crippen LogP contribution < -0.4 is 0 Å². The van der Waals surface area contributed by atoms with Crippen molar-refractivity contribution in [3.05, 3.63) is 97.2 Å². The fraction of sp³-hybridized carbons (Fsp3) is 0.660. The molecule has 0 aromatic rings. The molecule has 0 saturated heterocycles. The van der Waals surface area contributed by atoms with E-state index in [9.17, 15) is 19.0 Å². The summed E-state index contributed by atoms with van der Waals surface area (Å²) in [4.78, 5) is 35.4. The summed E-state index contributed by atoms with van der Waals surface area (Å²) in [5.74, 6) is -0.833. The van der Waals surface area contributed by atoms with Crippen LogP contribution in [0.4, 0.5) is 0 Å². The van der Waals surface area contributed by atoms with Crippen molar-refractivity contribution >= 4 is 19.8 Å². The molecule has 63 heavy (non-hydrogen) atoms. The Morgan fingerprint density at radius 3 is 1.37 bits per heavy atom. The van der Waals surface area contributed by atoms with E-state index in [0.29, 0.717) is 17.4 Å². The van der Waals surface area contributed by atoms with Gasteiger partial charge in [0.25, 0.3) is 0 Å². The van der Waals surface area contributed by atoms with Crippen molar-refractivity contribution in [1.29, 1.82) is 0 Å². The Morgan fingerprint density at radius 1 is 0.508 bits per heavy atom. The number of ether oxygens (including phenoxy) is 2. The summed E-state index contributed by atoms with van der Waals surface area (Å²) in [5.41, 5.74) is 0. The lowest BCUT2D eigenvalue weighted by atomic mass is 10.1. The fourth-order valence-electron chi connectivity index (χ4n) is 6.05. The molecule has 0 fully saturated rings. The van der Waals surface area contributed by atoms with E-state index in [1.165, 1.54) is 25.7 Å². The van der Waals surface area contributed by atoms with Crippen LogP contribution in [-0.2, 0) is 32.7 Å². The van der Waals surface area contributed by atoms with Gasteiger partial charge in [0, 0.05) is 12.8 Å². The molecule has 0 aromatic carbocycles. The van der Waals surface area contributed by atoms with E-state index in [2.05, 4.69) is 111 Å². The summed E-state index contributed by atoms with van der Waals surface area (Å²) in [6.07, 6.45) is 59.0. The van der Waals surface area contributed by atoms with Crippen molar-refractivity contribution in [2.45, 2.75) is 180 Å². The van der Waals surface area contributed by atoms with E-state index >= 15 is 0 Å². The number of rotatable bonds is 43. The Morgan fingerprint density at radius 2 is 0.905 bits per heavy atom. The van der Waals surface area contributed by atoms with E-state index in [-0.39, 0.29) is 32.0 Å². The molecule has 0 aliphatic carbocycles. The van der Waals surface area contributed by atoms with Crippen molar-refractivity contribution in [3.63, 3.8) is 0 Å². The first-order valence-corrected chi connectivity index (χ1v) is 26.0. The number of phosphoric ester groups is 1. The minimum atomic E-state index is -4.39. The molecule has 2 unspecified atom stereocenters. The predicted molar refractivity (Wildman–Crippen MR) is 265 cm³/mol. The largest absolute Gasteiger partial charge is 0.472 e. The molecule has 0 radical (unpaired) electrons. The molecule has 0 aromatic heterocycles. The van der Waals surface area contributed by atoms with Gasteiger partial charge in [-0.15, -0.1) is 0 Å². The van der Waals surface area contributed by atoms with Gasteiger partial charge in [0.15, 0.2) is 6.10 Å². The molecule has 0 bridgehead atoms. The SMILES string of the molecule is CC/C=C\C/C=C\C/C=C\C/C=C\C/C=C\C/C=C\C/C=C\CCCCCCCCCC(=O)OC(COC(=O)CCCCCCC/C=C\CCC)COP(=O)(O)OCC[N+](C)(C)C. The quantitative estimate of drug-likeness (QED) is 0.0212. The first kappa shape index (κ1) is 59.9. The summed E-state index contributed by atoms with van der Waals surface area (Å²) in [6, 6.07) is 0. The fourth-order valence-corrected chi connectivity index (χ4v) is 6.80. The van der Waals surface area contributed by atoms with E-state index in [0.717, 1.165) is 116 Å². The van der Waals surface area contributed by atoms with Crippen LogP contribution >= 0.6 is 7.82 Å². The lowest BCUT2D eigenvalue weighted by Gasteiger charge is -2.24. The minimum Gasteiger partial charge on any atom is -0.462 e. The van der Waals surface area contributed by atoms with Crippen molar-refractivity contribution in [1.82, 2.24) is 0 Å². The van der Waals surface area contributed by atoms with Crippen LogP contribution in [-0.4, -0.2) is 74.9 Å². The van der Waals surface area contributed by atoms with Crippen LogP contribution in [0, 0.1) is 0 Å². The van der Waals surface area contributed by atoms with E-state index in [1.807, 2.05) is 21.1 Å². The van der Waals surface area contributed by atoms with Crippen LogP contribution in [0.3, 0.4) is 0 Å². The molecule has 0 heterocycles. The standard InChI is InChI=1S/C53H90NO8P/c1-6-8-10-12-14-16-18-19-20-21-22-23-24-25-26-27-28-29-30-31-32-33-34-35-36-38-40-42-44-46-53(56)62-51(50-61-63(57,58)60-48-47-54(3,4)5)49-59-52(55)45-43-41-39-37-17-15-13-11-9-7-2/h8,10-11,13-14,16,19-20,22-23,25-26,28-29,31-32,51H,6-7,9,12,15,17-18,21,24,27,30,33-50H2,1-5H3/p+1/b10-8-,13-11-,16-14-,20-19-,23-22-,26-25-,29-28-,32-31-. The molecular weight excluding hydrogens is 810 g/mol. The first-order chi connectivity index (χ1) is 30.5. The van der Waals surface area contributed by atoms with Crippen molar-refractivity contribution in [3.8, 4) is 0 Å². The average Bonchev–Trinajstić information content (AvgIpc) is 3.24. The van der Waals surface area contributed by atoms with Gasteiger partial charge in [-0.25, -0.2) is 4.57 Å². The number of phosphoric acid groups is 1. The highest BCUT2D eigenvalue weighted by atomic mass is 31.2.